The van der Waals surface area contributed by atoms with E-state index in [-0.39, 0.29) is 17.5 Å². The van der Waals surface area contributed by atoms with Crippen LogP contribution in [-0.2, 0) is 16.0 Å². The smallest absolute Gasteiger partial charge is 0.323 e. The van der Waals surface area contributed by atoms with Gasteiger partial charge in [-0.2, -0.15) is 0 Å². The molecular formula is C33H53N3O3. The van der Waals surface area contributed by atoms with Crippen molar-refractivity contribution in [3.8, 4) is 0 Å². The number of carbonyl (C=O) groups is 1. The molecule has 6 nitrogen and oxygen atoms in total. The molecule has 0 aliphatic heterocycles. The Balaban J connectivity index is 1.33. The van der Waals surface area contributed by atoms with Gasteiger partial charge < -0.3 is 20.6 Å². The van der Waals surface area contributed by atoms with Gasteiger partial charge in [0.2, 0.25) is 0 Å². The average molecular weight is 540 g/mol. The van der Waals surface area contributed by atoms with E-state index in [1.807, 2.05) is 0 Å². The number of rotatable bonds is 9. The molecule has 1 unspecified atom stereocenters. The lowest BCUT2D eigenvalue weighted by Crippen LogP contribution is -2.57. The first-order chi connectivity index (χ1) is 18.5. The Kier molecular flexibility index (Phi) is 8.37. The molecule has 3 saturated carbocycles. The third kappa shape index (κ3) is 5.37. The fraction of sp³-hybridized carbons (Fsp3) is 0.818. The number of aromatic nitrogens is 2. The van der Waals surface area contributed by atoms with E-state index in [0.717, 1.165) is 35.8 Å². The van der Waals surface area contributed by atoms with E-state index >= 15 is 0 Å². The van der Waals surface area contributed by atoms with Crippen molar-refractivity contribution in [1.82, 2.24) is 9.97 Å². The maximum atomic E-state index is 13.2. The van der Waals surface area contributed by atoms with Gasteiger partial charge in [0.1, 0.15) is 12.1 Å². The van der Waals surface area contributed by atoms with Crippen molar-refractivity contribution in [1.29, 1.82) is 0 Å². The molecule has 0 radical (unpaired) electrons. The van der Waals surface area contributed by atoms with Crippen LogP contribution < -0.4 is 5.73 Å². The summed E-state index contributed by atoms with van der Waals surface area (Å²) >= 11 is 0. The number of hydrogen-bond donors (Lipinski definition) is 3. The highest BCUT2D eigenvalue weighted by Crippen LogP contribution is 2.67. The molecule has 1 heterocycles. The van der Waals surface area contributed by atoms with Gasteiger partial charge in [-0.3, -0.25) is 4.79 Å². The van der Waals surface area contributed by atoms with Gasteiger partial charge in [-0.25, -0.2) is 4.98 Å². The minimum Gasteiger partial charge on any atom is -0.460 e. The zero-order chi connectivity index (χ0) is 27.9. The lowest BCUT2D eigenvalue weighted by molar-refractivity contribution is -0.170. The molecule has 0 aromatic carbocycles. The molecule has 1 aromatic rings. The van der Waals surface area contributed by atoms with E-state index in [2.05, 4.69) is 50.7 Å². The number of fused-ring (bicyclic) bond motifs is 5. The third-order valence-corrected chi connectivity index (χ3v) is 11.9. The number of nitrogens with one attached hydrogen (secondary N) is 1. The second-order valence-electron chi connectivity index (χ2n) is 14.6. The normalized spacial score (nSPS) is 39.3. The standard InChI is InChI=1S/C33H53N3O3/c1-20(2)7-6-8-21(3)26-11-12-27-25-10-9-22-15-24(37)17-30(33(22,5)28(25)13-14-32(26,27)4)39-31(38)29(34)16-23-18-35-19-36-23/h9,18-21,24-30,37H,6-8,10-17,34H2,1-5H3,(H,35,36)/t21-,24-,25+,26-,27+,28+,29+,30?,32-,33+/m1/s1. The Morgan fingerprint density at radius 1 is 1.21 bits per heavy atom. The van der Waals surface area contributed by atoms with Crippen LogP contribution in [0.2, 0.25) is 0 Å². The first-order valence-electron chi connectivity index (χ1n) is 15.8. The number of nitrogens with zero attached hydrogens (tertiary/aromatic N) is 1. The fourth-order valence-electron chi connectivity index (χ4n) is 9.81. The molecule has 0 bridgehead atoms. The van der Waals surface area contributed by atoms with Gasteiger partial charge in [-0.05, 0) is 79.4 Å². The number of carbonyl (C=O) groups excluding carboxylic acids is 1. The minimum absolute atomic E-state index is 0.228. The van der Waals surface area contributed by atoms with Crippen molar-refractivity contribution < 1.29 is 14.6 Å². The van der Waals surface area contributed by atoms with E-state index in [9.17, 15) is 9.90 Å². The molecule has 6 heteroatoms. The highest BCUT2D eigenvalue weighted by atomic mass is 16.5. The van der Waals surface area contributed by atoms with Crippen molar-refractivity contribution in [2.45, 2.75) is 123 Å². The molecular weight excluding hydrogens is 486 g/mol. The van der Waals surface area contributed by atoms with Crippen molar-refractivity contribution in [3.05, 3.63) is 29.9 Å². The summed E-state index contributed by atoms with van der Waals surface area (Å²) < 4.78 is 6.25. The second-order valence-corrected chi connectivity index (χ2v) is 14.6. The number of aromatic amines is 1. The van der Waals surface area contributed by atoms with Gasteiger partial charge in [0.25, 0.3) is 0 Å². The average Bonchev–Trinajstić information content (AvgIpc) is 3.51. The highest BCUT2D eigenvalue weighted by Gasteiger charge is 2.61. The van der Waals surface area contributed by atoms with Crippen LogP contribution in [0.15, 0.2) is 24.2 Å². The number of hydrogen-bond acceptors (Lipinski definition) is 5. The van der Waals surface area contributed by atoms with E-state index in [1.54, 1.807) is 12.5 Å². The molecule has 1 aromatic heterocycles. The van der Waals surface area contributed by atoms with Gasteiger partial charge in [0.15, 0.2) is 0 Å². The lowest BCUT2D eigenvalue weighted by atomic mass is 9.46. The van der Waals surface area contributed by atoms with E-state index in [0.29, 0.717) is 36.5 Å². The number of H-pyrrole nitrogens is 1. The largest absolute Gasteiger partial charge is 0.460 e. The van der Waals surface area contributed by atoms with Gasteiger partial charge in [-0.15, -0.1) is 0 Å². The van der Waals surface area contributed by atoms with Crippen LogP contribution in [-0.4, -0.2) is 39.3 Å². The number of ether oxygens (including phenoxy) is 1. The second kappa shape index (κ2) is 11.3. The van der Waals surface area contributed by atoms with Gasteiger partial charge >= 0.3 is 5.97 Å². The molecule has 4 aliphatic rings. The van der Waals surface area contributed by atoms with E-state index < -0.39 is 12.1 Å². The maximum Gasteiger partial charge on any atom is 0.323 e. The summed E-state index contributed by atoms with van der Waals surface area (Å²) in [6.07, 6.45) is 16.8. The number of esters is 1. The zero-order valence-corrected chi connectivity index (χ0v) is 25.0. The monoisotopic (exact) mass is 539 g/mol. The molecule has 218 valence electrons. The van der Waals surface area contributed by atoms with Crippen LogP contribution >= 0.6 is 0 Å². The quantitative estimate of drug-likeness (QED) is 0.256. The fourth-order valence-corrected chi connectivity index (χ4v) is 9.81. The van der Waals surface area contributed by atoms with Crippen molar-refractivity contribution in [3.63, 3.8) is 0 Å². The first-order valence-corrected chi connectivity index (χ1v) is 15.8. The first kappa shape index (κ1) is 28.9. The summed E-state index contributed by atoms with van der Waals surface area (Å²) in [6, 6.07) is -0.748. The molecule has 0 amide bonds. The molecule has 3 fully saturated rings. The van der Waals surface area contributed by atoms with Crippen LogP contribution in [0.25, 0.3) is 0 Å². The Labute approximate surface area is 236 Å². The van der Waals surface area contributed by atoms with E-state index in [1.165, 1.54) is 50.5 Å². The molecule has 5 rings (SSSR count). The van der Waals surface area contributed by atoms with Gasteiger partial charge in [-0.1, -0.05) is 65.5 Å². The number of imidazole rings is 1. The van der Waals surface area contributed by atoms with Crippen molar-refractivity contribution >= 4 is 5.97 Å². The molecule has 39 heavy (non-hydrogen) atoms. The van der Waals surface area contributed by atoms with Crippen LogP contribution in [0, 0.1) is 46.3 Å². The Bertz CT molecular complexity index is 1020. The number of aliphatic hydroxyl groups is 1. The van der Waals surface area contributed by atoms with E-state index in [4.69, 9.17) is 10.5 Å². The number of nitrogens with two attached hydrogens (primary N) is 1. The SMILES string of the molecule is CC(C)CCC[C@@H](C)[C@H]1CC[C@H]2[C@@H]3CC=C4C[C@@H](O)CC(OC(=O)[C@@H](N)Cc5cnc[nH]5)[C@]4(C)[C@H]3CC[C@]12C. The Morgan fingerprint density at radius 2 is 2.00 bits per heavy atom. The zero-order valence-electron chi connectivity index (χ0n) is 25.0. The molecule has 10 atom stereocenters. The molecule has 0 spiro atoms. The van der Waals surface area contributed by atoms with Crippen LogP contribution in [0.5, 0.6) is 0 Å². The Hall–Kier alpha value is -1.66. The predicted molar refractivity (Wildman–Crippen MR) is 155 cm³/mol. The summed E-state index contributed by atoms with van der Waals surface area (Å²) in [7, 11) is 0. The highest BCUT2D eigenvalue weighted by molar-refractivity contribution is 5.76. The van der Waals surface area contributed by atoms with Crippen LogP contribution in [0.3, 0.4) is 0 Å². The van der Waals surface area contributed by atoms with Gasteiger partial charge in [0, 0.05) is 30.1 Å². The number of allylic oxidation sites excluding steroid dienone is 1. The predicted octanol–water partition coefficient (Wildman–Crippen LogP) is 6.20. The Morgan fingerprint density at radius 3 is 2.72 bits per heavy atom. The van der Waals surface area contributed by atoms with Crippen molar-refractivity contribution in [2.75, 3.05) is 0 Å². The maximum absolute atomic E-state index is 13.2. The summed E-state index contributed by atoms with van der Waals surface area (Å²) in [5.41, 5.74) is 8.60. The lowest BCUT2D eigenvalue weighted by Gasteiger charge is -2.60. The molecule has 4 aliphatic carbocycles. The third-order valence-electron chi connectivity index (χ3n) is 11.9. The summed E-state index contributed by atoms with van der Waals surface area (Å²) in [5, 5.41) is 10.8. The summed E-state index contributed by atoms with van der Waals surface area (Å²) in [4.78, 5) is 20.3. The van der Waals surface area contributed by atoms with Crippen LogP contribution in [0.1, 0.15) is 105 Å². The molecule has 0 saturated heterocycles. The molecule has 4 N–H and O–H groups in total. The summed E-state index contributed by atoms with van der Waals surface area (Å²) in [5.74, 6) is 3.86. The van der Waals surface area contributed by atoms with Gasteiger partial charge in [0.05, 0.1) is 12.4 Å². The van der Waals surface area contributed by atoms with Crippen LogP contribution in [0.4, 0.5) is 0 Å². The number of aliphatic hydroxyl groups excluding tert-OH is 1. The summed E-state index contributed by atoms with van der Waals surface area (Å²) in [6.45, 7) is 12.2. The topological polar surface area (TPSA) is 101 Å². The van der Waals surface area contributed by atoms with Crippen molar-refractivity contribution in [2.24, 2.45) is 52.1 Å². The minimum atomic E-state index is -0.748.